The SMILES string of the molecule is CCNC(CCc1cccc(C)c1)Cc1ccc(Br)s1. The fourth-order valence-corrected chi connectivity index (χ4v) is 4.04. The van der Waals surface area contributed by atoms with E-state index in [9.17, 15) is 0 Å². The van der Waals surface area contributed by atoms with E-state index in [1.165, 1.54) is 26.2 Å². The van der Waals surface area contributed by atoms with Crippen LogP contribution in [0.4, 0.5) is 0 Å². The average molecular weight is 352 g/mol. The highest BCUT2D eigenvalue weighted by atomic mass is 79.9. The second-order valence-electron chi connectivity index (χ2n) is 5.19. The molecule has 0 fully saturated rings. The Labute approximate surface area is 134 Å². The lowest BCUT2D eigenvalue weighted by molar-refractivity contribution is 0.494. The maximum absolute atomic E-state index is 3.62. The van der Waals surface area contributed by atoms with Gasteiger partial charge in [-0.25, -0.2) is 0 Å². The minimum Gasteiger partial charge on any atom is -0.314 e. The first-order valence-corrected chi connectivity index (χ1v) is 8.81. The zero-order valence-electron chi connectivity index (χ0n) is 12.2. The van der Waals surface area contributed by atoms with Gasteiger partial charge in [-0.1, -0.05) is 36.8 Å². The molecule has 3 heteroatoms. The number of hydrogen-bond donors (Lipinski definition) is 1. The molecule has 2 aromatic rings. The first kappa shape index (κ1) is 15.7. The van der Waals surface area contributed by atoms with E-state index in [4.69, 9.17) is 0 Å². The van der Waals surface area contributed by atoms with Crippen molar-refractivity contribution < 1.29 is 0 Å². The Morgan fingerprint density at radius 2 is 2.10 bits per heavy atom. The number of hydrogen-bond acceptors (Lipinski definition) is 2. The maximum atomic E-state index is 3.62. The molecule has 0 saturated carbocycles. The molecular weight excluding hydrogens is 330 g/mol. The number of aryl methyl sites for hydroxylation is 2. The van der Waals surface area contributed by atoms with Crippen LogP contribution in [0.25, 0.3) is 0 Å². The molecule has 0 spiro atoms. The number of rotatable bonds is 7. The van der Waals surface area contributed by atoms with Gasteiger partial charge in [0.15, 0.2) is 0 Å². The fraction of sp³-hybridized carbons (Fsp3) is 0.412. The van der Waals surface area contributed by atoms with Gasteiger partial charge in [0.25, 0.3) is 0 Å². The lowest BCUT2D eigenvalue weighted by atomic mass is 10.0. The molecule has 1 nitrogen and oxygen atoms in total. The van der Waals surface area contributed by atoms with Crippen LogP contribution in [0, 0.1) is 6.92 Å². The van der Waals surface area contributed by atoms with E-state index in [-0.39, 0.29) is 0 Å². The van der Waals surface area contributed by atoms with Crippen LogP contribution in [0.2, 0.25) is 0 Å². The molecule has 2 rings (SSSR count). The molecule has 1 aromatic carbocycles. The molecule has 0 saturated heterocycles. The van der Waals surface area contributed by atoms with Gasteiger partial charge >= 0.3 is 0 Å². The second-order valence-corrected chi connectivity index (χ2v) is 7.74. The first-order chi connectivity index (χ1) is 9.67. The van der Waals surface area contributed by atoms with Crippen molar-refractivity contribution in [3.05, 3.63) is 56.2 Å². The Morgan fingerprint density at radius 1 is 1.25 bits per heavy atom. The van der Waals surface area contributed by atoms with Crippen LogP contribution in [-0.2, 0) is 12.8 Å². The standard InChI is InChI=1S/C17H22BrNS/c1-3-19-15(12-16-9-10-17(18)20-16)8-7-14-6-4-5-13(2)11-14/h4-6,9-11,15,19H,3,7-8,12H2,1-2H3. The quantitative estimate of drug-likeness (QED) is 0.742. The van der Waals surface area contributed by atoms with Gasteiger partial charge in [-0.3, -0.25) is 0 Å². The van der Waals surface area contributed by atoms with Gasteiger partial charge in [0.1, 0.15) is 0 Å². The van der Waals surface area contributed by atoms with Crippen molar-refractivity contribution in [1.82, 2.24) is 5.32 Å². The van der Waals surface area contributed by atoms with Crippen LogP contribution in [0.3, 0.4) is 0 Å². The summed E-state index contributed by atoms with van der Waals surface area (Å²) in [7, 11) is 0. The number of benzene rings is 1. The van der Waals surface area contributed by atoms with Crippen molar-refractivity contribution in [3.8, 4) is 0 Å². The molecule has 0 aliphatic rings. The Morgan fingerprint density at radius 3 is 2.75 bits per heavy atom. The Balaban J connectivity index is 1.91. The third kappa shape index (κ3) is 5.04. The van der Waals surface area contributed by atoms with Crippen LogP contribution < -0.4 is 5.32 Å². The minimum atomic E-state index is 0.561. The monoisotopic (exact) mass is 351 g/mol. The van der Waals surface area contributed by atoms with E-state index in [0.717, 1.165) is 19.4 Å². The normalized spacial score (nSPS) is 12.6. The van der Waals surface area contributed by atoms with Crippen molar-refractivity contribution in [3.63, 3.8) is 0 Å². The molecule has 1 N–H and O–H groups in total. The number of nitrogens with one attached hydrogen (secondary N) is 1. The zero-order valence-corrected chi connectivity index (χ0v) is 14.6. The predicted octanol–water partition coefficient (Wildman–Crippen LogP) is 4.97. The summed E-state index contributed by atoms with van der Waals surface area (Å²) in [4.78, 5) is 1.45. The van der Waals surface area contributed by atoms with E-state index >= 15 is 0 Å². The summed E-state index contributed by atoms with van der Waals surface area (Å²) in [6.45, 7) is 5.38. The van der Waals surface area contributed by atoms with E-state index in [0.29, 0.717) is 6.04 Å². The fourth-order valence-electron chi connectivity index (χ4n) is 2.48. The van der Waals surface area contributed by atoms with Gasteiger partial charge in [0, 0.05) is 10.9 Å². The van der Waals surface area contributed by atoms with Crippen molar-refractivity contribution >= 4 is 27.3 Å². The number of thiophene rings is 1. The van der Waals surface area contributed by atoms with Gasteiger partial charge in [0.2, 0.25) is 0 Å². The van der Waals surface area contributed by atoms with Crippen molar-refractivity contribution in [2.24, 2.45) is 0 Å². The molecule has 1 heterocycles. The molecule has 0 aliphatic carbocycles. The highest BCUT2D eigenvalue weighted by Crippen LogP contribution is 2.24. The van der Waals surface area contributed by atoms with E-state index < -0.39 is 0 Å². The molecule has 0 bridgehead atoms. The molecule has 0 amide bonds. The molecule has 1 atom stereocenters. The summed E-state index contributed by atoms with van der Waals surface area (Å²) in [6, 6.07) is 13.8. The highest BCUT2D eigenvalue weighted by Gasteiger charge is 2.10. The van der Waals surface area contributed by atoms with Crippen LogP contribution in [-0.4, -0.2) is 12.6 Å². The smallest absolute Gasteiger partial charge is 0.0701 e. The van der Waals surface area contributed by atoms with E-state index in [1.807, 2.05) is 11.3 Å². The molecule has 20 heavy (non-hydrogen) atoms. The number of halogens is 1. The lowest BCUT2D eigenvalue weighted by Crippen LogP contribution is -2.31. The average Bonchev–Trinajstić information content (AvgIpc) is 2.82. The van der Waals surface area contributed by atoms with Gasteiger partial charge in [0.05, 0.1) is 3.79 Å². The summed E-state index contributed by atoms with van der Waals surface area (Å²) in [5.41, 5.74) is 2.80. The summed E-state index contributed by atoms with van der Waals surface area (Å²) < 4.78 is 1.22. The maximum Gasteiger partial charge on any atom is 0.0701 e. The summed E-state index contributed by atoms with van der Waals surface area (Å²) in [5.74, 6) is 0. The molecule has 0 radical (unpaired) electrons. The molecule has 108 valence electrons. The van der Waals surface area contributed by atoms with Crippen LogP contribution in [0.15, 0.2) is 40.2 Å². The topological polar surface area (TPSA) is 12.0 Å². The molecule has 0 aliphatic heterocycles. The zero-order chi connectivity index (χ0) is 14.4. The summed E-state index contributed by atoms with van der Waals surface area (Å²) in [6.07, 6.45) is 3.45. The summed E-state index contributed by atoms with van der Waals surface area (Å²) in [5, 5.41) is 3.62. The Kier molecular flexibility index (Phi) is 6.27. The Bertz CT molecular complexity index is 535. The van der Waals surface area contributed by atoms with E-state index in [1.54, 1.807) is 0 Å². The van der Waals surface area contributed by atoms with Crippen LogP contribution in [0.5, 0.6) is 0 Å². The van der Waals surface area contributed by atoms with Gasteiger partial charge < -0.3 is 5.32 Å². The van der Waals surface area contributed by atoms with Crippen molar-refractivity contribution in [2.75, 3.05) is 6.54 Å². The van der Waals surface area contributed by atoms with Gasteiger partial charge in [-0.2, -0.15) is 0 Å². The Hall–Kier alpha value is -0.640. The van der Waals surface area contributed by atoms with Gasteiger partial charge in [-0.15, -0.1) is 11.3 Å². The third-order valence-corrected chi connectivity index (χ3v) is 5.08. The predicted molar refractivity (Wildman–Crippen MR) is 92.7 cm³/mol. The van der Waals surface area contributed by atoms with Gasteiger partial charge in [-0.05, 0) is 66.4 Å². The summed E-state index contributed by atoms with van der Waals surface area (Å²) >= 11 is 5.39. The van der Waals surface area contributed by atoms with E-state index in [2.05, 4.69) is 71.5 Å². The lowest BCUT2D eigenvalue weighted by Gasteiger charge is -2.17. The number of likely N-dealkylation sites (N-methyl/N-ethyl adjacent to an activating group) is 1. The third-order valence-electron chi connectivity index (χ3n) is 3.43. The molecular formula is C17H22BrNS. The molecule has 1 unspecified atom stereocenters. The van der Waals surface area contributed by atoms with Crippen LogP contribution in [0.1, 0.15) is 29.3 Å². The first-order valence-electron chi connectivity index (χ1n) is 7.20. The minimum absolute atomic E-state index is 0.561. The molecule has 1 aromatic heterocycles. The highest BCUT2D eigenvalue weighted by molar-refractivity contribution is 9.11. The van der Waals surface area contributed by atoms with Crippen molar-refractivity contribution in [2.45, 2.75) is 39.2 Å². The second kappa shape index (κ2) is 7.96. The van der Waals surface area contributed by atoms with Crippen molar-refractivity contribution in [1.29, 1.82) is 0 Å². The van der Waals surface area contributed by atoms with Crippen LogP contribution >= 0.6 is 27.3 Å². The largest absolute Gasteiger partial charge is 0.314 e.